The van der Waals surface area contributed by atoms with Gasteiger partial charge in [-0.1, -0.05) is 15.9 Å². The first-order chi connectivity index (χ1) is 6.74. The van der Waals surface area contributed by atoms with Crippen LogP contribution in [0.2, 0.25) is 0 Å². The molecule has 1 unspecified atom stereocenters. The fourth-order valence-corrected chi connectivity index (χ4v) is 2.13. The number of nitrogens with two attached hydrogens (primary N) is 1. The molecule has 0 saturated carbocycles. The van der Waals surface area contributed by atoms with Crippen molar-refractivity contribution < 1.29 is 9.47 Å². The first-order valence-corrected chi connectivity index (χ1v) is 5.27. The third-order valence-corrected chi connectivity index (χ3v) is 2.77. The van der Waals surface area contributed by atoms with Crippen LogP contribution in [0.25, 0.3) is 0 Å². The van der Waals surface area contributed by atoms with E-state index >= 15 is 0 Å². The molecule has 0 fully saturated rings. The summed E-state index contributed by atoms with van der Waals surface area (Å²) in [4.78, 5) is 0. The fraction of sp³-hybridized carbons (Fsp3) is 0.400. The van der Waals surface area contributed by atoms with Crippen molar-refractivity contribution in [3.8, 4) is 11.5 Å². The summed E-state index contributed by atoms with van der Waals surface area (Å²) in [5.41, 5.74) is 6.72. The van der Waals surface area contributed by atoms with Gasteiger partial charge in [0.2, 0.25) is 0 Å². The number of halogens is 1. The fourth-order valence-electron chi connectivity index (χ4n) is 1.64. The van der Waals surface area contributed by atoms with Crippen LogP contribution in [0.1, 0.15) is 5.56 Å². The molecule has 1 atom stereocenters. The van der Waals surface area contributed by atoms with Crippen molar-refractivity contribution in [2.75, 3.05) is 13.7 Å². The molecule has 4 heteroatoms. The van der Waals surface area contributed by atoms with Crippen LogP contribution in [0.5, 0.6) is 11.5 Å². The smallest absolute Gasteiger partial charge is 0.165 e. The topological polar surface area (TPSA) is 44.5 Å². The molecule has 76 valence electrons. The normalized spacial score (nSPS) is 18.9. The molecule has 0 aliphatic carbocycles. The Balaban J connectivity index is 2.40. The van der Waals surface area contributed by atoms with Crippen molar-refractivity contribution in [3.05, 3.63) is 22.2 Å². The Morgan fingerprint density at radius 2 is 2.43 bits per heavy atom. The Kier molecular flexibility index (Phi) is 2.65. The third-order valence-electron chi connectivity index (χ3n) is 2.31. The minimum Gasteiger partial charge on any atom is -0.493 e. The molecule has 1 aliphatic rings. The minimum atomic E-state index is 0.0909. The Labute approximate surface area is 91.3 Å². The Bertz CT molecular complexity index is 354. The van der Waals surface area contributed by atoms with E-state index in [9.17, 15) is 0 Å². The average Bonchev–Trinajstić information content (AvgIpc) is 2.59. The van der Waals surface area contributed by atoms with E-state index in [1.165, 1.54) is 0 Å². The number of hydrogen-bond donors (Lipinski definition) is 1. The highest BCUT2D eigenvalue weighted by atomic mass is 79.9. The quantitative estimate of drug-likeness (QED) is 0.878. The number of hydrogen-bond acceptors (Lipinski definition) is 3. The Morgan fingerprint density at radius 3 is 3.07 bits per heavy atom. The van der Waals surface area contributed by atoms with Crippen molar-refractivity contribution in [3.63, 3.8) is 0 Å². The number of benzene rings is 1. The highest BCUT2D eigenvalue weighted by Gasteiger charge is 2.25. The molecule has 0 saturated heterocycles. The number of ether oxygens (including phenoxy) is 2. The van der Waals surface area contributed by atoms with Crippen LogP contribution in [-0.2, 0) is 6.42 Å². The summed E-state index contributed by atoms with van der Waals surface area (Å²) < 4.78 is 11.9. The number of fused-ring (bicyclic) bond motifs is 1. The monoisotopic (exact) mass is 257 g/mol. The molecule has 0 aromatic heterocycles. The van der Waals surface area contributed by atoms with Crippen LogP contribution in [-0.4, -0.2) is 19.8 Å². The first-order valence-electron chi connectivity index (χ1n) is 4.47. The van der Waals surface area contributed by atoms with Crippen LogP contribution in [0.15, 0.2) is 16.6 Å². The second kappa shape index (κ2) is 3.79. The van der Waals surface area contributed by atoms with Gasteiger partial charge in [-0.3, -0.25) is 0 Å². The van der Waals surface area contributed by atoms with E-state index in [1.807, 2.05) is 12.1 Å². The van der Waals surface area contributed by atoms with E-state index in [1.54, 1.807) is 7.11 Å². The lowest BCUT2D eigenvalue weighted by molar-refractivity contribution is 0.231. The first kappa shape index (κ1) is 9.80. The summed E-state index contributed by atoms with van der Waals surface area (Å²) in [6, 6.07) is 3.95. The van der Waals surface area contributed by atoms with Crippen LogP contribution < -0.4 is 15.2 Å². The van der Waals surface area contributed by atoms with Crippen LogP contribution in [0.4, 0.5) is 0 Å². The van der Waals surface area contributed by atoms with E-state index in [0.29, 0.717) is 6.54 Å². The second-order valence-electron chi connectivity index (χ2n) is 3.28. The summed E-state index contributed by atoms with van der Waals surface area (Å²) in [5, 5.41) is 0. The number of methoxy groups -OCH3 is 1. The highest BCUT2D eigenvalue weighted by molar-refractivity contribution is 9.10. The van der Waals surface area contributed by atoms with Gasteiger partial charge in [-0.2, -0.15) is 0 Å². The van der Waals surface area contributed by atoms with Gasteiger partial charge in [-0.05, 0) is 12.1 Å². The molecule has 0 amide bonds. The van der Waals surface area contributed by atoms with E-state index < -0.39 is 0 Å². The summed E-state index contributed by atoms with van der Waals surface area (Å²) >= 11 is 3.43. The van der Waals surface area contributed by atoms with Crippen LogP contribution in [0.3, 0.4) is 0 Å². The molecule has 1 heterocycles. The lowest BCUT2D eigenvalue weighted by Gasteiger charge is -2.09. The molecular formula is C10H12BrNO2. The van der Waals surface area contributed by atoms with Crippen molar-refractivity contribution in [2.24, 2.45) is 5.73 Å². The molecule has 2 N–H and O–H groups in total. The van der Waals surface area contributed by atoms with Crippen LogP contribution in [0, 0.1) is 0 Å². The minimum absolute atomic E-state index is 0.0909. The average molecular weight is 258 g/mol. The van der Waals surface area contributed by atoms with Gasteiger partial charge in [0, 0.05) is 23.0 Å². The summed E-state index contributed by atoms with van der Waals surface area (Å²) in [6.07, 6.45) is 0.954. The van der Waals surface area contributed by atoms with E-state index in [0.717, 1.165) is 28.0 Å². The summed E-state index contributed by atoms with van der Waals surface area (Å²) in [6.45, 7) is 0.537. The Morgan fingerprint density at radius 1 is 1.64 bits per heavy atom. The van der Waals surface area contributed by atoms with Gasteiger partial charge in [0.05, 0.1) is 7.11 Å². The zero-order chi connectivity index (χ0) is 10.1. The maximum absolute atomic E-state index is 5.66. The lowest BCUT2D eigenvalue weighted by atomic mass is 10.1. The predicted octanol–water partition coefficient (Wildman–Crippen LogP) is 1.72. The number of rotatable bonds is 2. The molecule has 1 aromatic rings. The molecule has 2 rings (SSSR count). The maximum atomic E-state index is 5.66. The van der Waals surface area contributed by atoms with Gasteiger partial charge >= 0.3 is 0 Å². The van der Waals surface area contributed by atoms with Gasteiger partial charge in [0.25, 0.3) is 0 Å². The maximum Gasteiger partial charge on any atom is 0.165 e. The van der Waals surface area contributed by atoms with Gasteiger partial charge < -0.3 is 15.2 Å². The summed E-state index contributed by atoms with van der Waals surface area (Å²) in [5.74, 6) is 1.61. The predicted molar refractivity (Wildman–Crippen MR) is 57.9 cm³/mol. The molecule has 0 spiro atoms. The SMILES string of the molecule is COc1cc(Br)cc2c1OC(CN)C2. The summed E-state index contributed by atoms with van der Waals surface area (Å²) in [7, 11) is 1.64. The van der Waals surface area contributed by atoms with Crippen molar-refractivity contribution >= 4 is 15.9 Å². The molecule has 3 nitrogen and oxygen atoms in total. The van der Waals surface area contributed by atoms with Crippen LogP contribution >= 0.6 is 15.9 Å². The molecule has 1 aromatic carbocycles. The zero-order valence-corrected chi connectivity index (χ0v) is 9.50. The van der Waals surface area contributed by atoms with E-state index in [2.05, 4.69) is 15.9 Å². The van der Waals surface area contributed by atoms with E-state index in [4.69, 9.17) is 15.2 Å². The molecule has 0 radical (unpaired) electrons. The molecule has 1 aliphatic heterocycles. The van der Waals surface area contributed by atoms with Gasteiger partial charge in [-0.15, -0.1) is 0 Å². The van der Waals surface area contributed by atoms with E-state index in [-0.39, 0.29) is 6.10 Å². The largest absolute Gasteiger partial charge is 0.493 e. The standard InChI is InChI=1S/C10H12BrNO2/c1-13-9-4-7(11)2-6-3-8(5-12)14-10(6)9/h2,4,8H,3,5,12H2,1H3. The van der Waals surface area contributed by atoms with Crippen molar-refractivity contribution in [1.29, 1.82) is 0 Å². The molecule has 0 bridgehead atoms. The molecular weight excluding hydrogens is 246 g/mol. The third kappa shape index (κ3) is 1.60. The van der Waals surface area contributed by atoms with Gasteiger partial charge in [0.1, 0.15) is 6.10 Å². The van der Waals surface area contributed by atoms with Gasteiger partial charge in [0.15, 0.2) is 11.5 Å². The zero-order valence-electron chi connectivity index (χ0n) is 7.92. The van der Waals surface area contributed by atoms with Crippen molar-refractivity contribution in [1.82, 2.24) is 0 Å². The second-order valence-corrected chi connectivity index (χ2v) is 4.19. The lowest BCUT2D eigenvalue weighted by Crippen LogP contribution is -2.24. The van der Waals surface area contributed by atoms with Crippen molar-refractivity contribution in [2.45, 2.75) is 12.5 Å². The Hall–Kier alpha value is -0.740. The highest BCUT2D eigenvalue weighted by Crippen LogP contribution is 2.39. The van der Waals surface area contributed by atoms with Gasteiger partial charge in [-0.25, -0.2) is 0 Å². The molecule has 14 heavy (non-hydrogen) atoms.